The van der Waals surface area contributed by atoms with Crippen LogP contribution in [0, 0.1) is 0 Å². The summed E-state index contributed by atoms with van der Waals surface area (Å²) in [4.78, 5) is 12.5. The number of ketones is 1. The molecule has 0 unspecified atom stereocenters. The molecule has 0 saturated carbocycles. The summed E-state index contributed by atoms with van der Waals surface area (Å²) in [5, 5.41) is 0.896. The van der Waals surface area contributed by atoms with Gasteiger partial charge in [-0.15, -0.1) is 0 Å². The van der Waals surface area contributed by atoms with Gasteiger partial charge in [-0.2, -0.15) is 0 Å². The smallest absolute Gasteiger partial charge is 0.193 e. The van der Waals surface area contributed by atoms with Crippen molar-refractivity contribution < 1.29 is 9.21 Å². The van der Waals surface area contributed by atoms with Gasteiger partial charge in [0.2, 0.25) is 0 Å². The maximum atomic E-state index is 12.5. The minimum absolute atomic E-state index is 0.0367. The number of fused-ring (bicyclic) bond motifs is 1. The molecule has 1 aromatic heterocycles. The second-order valence-electron chi connectivity index (χ2n) is 4.48. The van der Waals surface area contributed by atoms with Crippen LogP contribution in [0.3, 0.4) is 0 Å². The molecule has 19 heavy (non-hydrogen) atoms. The van der Waals surface area contributed by atoms with E-state index in [0.29, 0.717) is 11.1 Å². The summed E-state index contributed by atoms with van der Waals surface area (Å²) in [6.45, 7) is 2.04. The van der Waals surface area contributed by atoms with E-state index in [1.54, 1.807) is 0 Å². The Kier molecular flexibility index (Phi) is 2.92. The third-order valence-electron chi connectivity index (χ3n) is 3.24. The molecule has 0 spiro atoms. The first-order chi connectivity index (χ1) is 9.29. The number of carbonyl (C=O) groups excluding carboxylic acids is 1. The van der Waals surface area contributed by atoms with E-state index in [0.717, 1.165) is 23.2 Å². The van der Waals surface area contributed by atoms with Crippen molar-refractivity contribution in [2.75, 3.05) is 0 Å². The van der Waals surface area contributed by atoms with Gasteiger partial charge in [0.05, 0.1) is 0 Å². The molecule has 0 N–H and O–H groups in total. The molecule has 2 heteroatoms. The summed E-state index contributed by atoms with van der Waals surface area (Å²) < 4.78 is 5.69. The van der Waals surface area contributed by atoms with Gasteiger partial charge in [0.25, 0.3) is 0 Å². The molecule has 0 aliphatic heterocycles. The summed E-state index contributed by atoms with van der Waals surface area (Å²) >= 11 is 0. The van der Waals surface area contributed by atoms with E-state index in [9.17, 15) is 4.79 Å². The zero-order valence-electron chi connectivity index (χ0n) is 10.7. The Bertz CT molecular complexity index is 723. The van der Waals surface area contributed by atoms with E-state index in [2.05, 4.69) is 0 Å². The van der Waals surface area contributed by atoms with E-state index in [1.807, 2.05) is 61.5 Å². The summed E-state index contributed by atoms with van der Waals surface area (Å²) in [6, 6.07) is 16.9. The van der Waals surface area contributed by atoms with Crippen LogP contribution in [0.2, 0.25) is 0 Å². The minimum Gasteiger partial charge on any atom is -0.461 e. The molecule has 2 aromatic carbocycles. The van der Waals surface area contributed by atoms with Gasteiger partial charge in [0.1, 0.15) is 11.3 Å². The minimum atomic E-state index is 0.0367. The quantitative estimate of drug-likeness (QED) is 0.651. The van der Waals surface area contributed by atoms with Crippen LogP contribution < -0.4 is 0 Å². The lowest BCUT2D eigenvalue weighted by molar-refractivity contribution is 0.104. The molecule has 0 bridgehead atoms. The molecular formula is C17H14O2. The second kappa shape index (κ2) is 4.73. The number of aryl methyl sites for hydroxylation is 1. The summed E-state index contributed by atoms with van der Waals surface area (Å²) in [5.74, 6) is 0.943. The monoisotopic (exact) mass is 250 g/mol. The molecule has 0 fully saturated rings. The van der Waals surface area contributed by atoms with E-state index >= 15 is 0 Å². The van der Waals surface area contributed by atoms with Gasteiger partial charge in [0.15, 0.2) is 5.78 Å². The van der Waals surface area contributed by atoms with Crippen LogP contribution in [-0.2, 0) is 6.42 Å². The van der Waals surface area contributed by atoms with Crippen molar-refractivity contribution in [3.8, 4) is 0 Å². The molecule has 3 aromatic rings. The molecular weight excluding hydrogens is 236 g/mol. The lowest BCUT2D eigenvalue weighted by Crippen LogP contribution is -2.00. The summed E-state index contributed by atoms with van der Waals surface area (Å²) in [6.07, 6.45) is 0.827. The predicted octanol–water partition coefficient (Wildman–Crippen LogP) is 4.23. The van der Waals surface area contributed by atoms with Crippen LogP contribution in [0.15, 0.2) is 59.0 Å². The first-order valence-corrected chi connectivity index (χ1v) is 6.41. The lowest BCUT2D eigenvalue weighted by atomic mass is 10.00. The van der Waals surface area contributed by atoms with Gasteiger partial charge >= 0.3 is 0 Å². The molecule has 0 amide bonds. The van der Waals surface area contributed by atoms with E-state index in [1.165, 1.54) is 0 Å². The normalized spacial score (nSPS) is 10.8. The highest BCUT2D eigenvalue weighted by atomic mass is 16.3. The first-order valence-electron chi connectivity index (χ1n) is 6.41. The van der Waals surface area contributed by atoms with Crippen molar-refractivity contribution >= 4 is 16.8 Å². The maximum absolute atomic E-state index is 12.5. The van der Waals surface area contributed by atoms with Crippen molar-refractivity contribution in [3.05, 3.63) is 71.5 Å². The van der Waals surface area contributed by atoms with Gasteiger partial charge in [-0.3, -0.25) is 4.79 Å². The van der Waals surface area contributed by atoms with Gasteiger partial charge in [0, 0.05) is 22.9 Å². The average Bonchev–Trinajstić information content (AvgIpc) is 2.90. The Balaban J connectivity index is 2.15. The lowest BCUT2D eigenvalue weighted by Gasteiger charge is -2.01. The van der Waals surface area contributed by atoms with Crippen molar-refractivity contribution in [1.82, 2.24) is 0 Å². The third-order valence-corrected chi connectivity index (χ3v) is 3.24. The van der Waals surface area contributed by atoms with Gasteiger partial charge in [-0.25, -0.2) is 0 Å². The third kappa shape index (κ3) is 2.06. The van der Waals surface area contributed by atoms with Crippen molar-refractivity contribution in [2.45, 2.75) is 13.3 Å². The highest BCUT2D eigenvalue weighted by Crippen LogP contribution is 2.25. The fourth-order valence-corrected chi connectivity index (χ4v) is 2.23. The van der Waals surface area contributed by atoms with Crippen molar-refractivity contribution in [3.63, 3.8) is 0 Å². The number of furan rings is 1. The number of benzene rings is 2. The van der Waals surface area contributed by atoms with Crippen LogP contribution >= 0.6 is 0 Å². The van der Waals surface area contributed by atoms with E-state index in [-0.39, 0.29) is 5.78 Å². The molecule has 1 heterocycles. The Morgan fingerprint density at radius 2 is 1.84 bits per heavy atom. The number of hydrogen-bond acceptors (Lipinski definition) is 2. The second-order valence-corrected chi connectivity index (χ2v) is 4.48. The van der Waals surface area contributed by atoms with E-state index < -0.39 is 0 Å². The zero-order chi connectivity index (χ0) is 13.2. The Hall–Kier alpha value is -2.35. The highest BCUT2D eigenvalue weighted by Gasteiger charge is 2.14. The van der Waals surface area contributed by atoms with Crippen molar-refractivity contribution in [1.29, 1.82) is 0 Å². The fourth-order valence-electron chi connectivity index (χ4n) is 2.23. The molecule has 2 nitrogen and oxygen atoms in total. The Morgan fingerprint density at radius 1 is 1.05 bits per heavy atom. The highest BCUT2D eigenvalue weighted by molar-refractivity contribution is 6.15. The van der Waals surface area contributed by atoms with Crippen LogP contribution in [0.5, 0.6) is 0 Å². The molecule has 94 valence electrons. The standard InChI is InChI=1S/C17H14O2/c1-2-13-11-15-14(9-6-10-16(15)19-13)17(18)12-7-4-3-5-8-12/h3-11H,2H2,1H3. The SMILES string of the molecule is CCc1cc2c(C(=O)c3ccccc3)cccc2o1. The molecule has 0 radical (unpaired) electrons. The zero-order valence-corrected chi connectivity index (χ0v) is 10.7. The van der Waals surface area contributed by atoms with Gasteiger partial charge < -0.3 is 4.42 Å². The van der Waals surface area contributed by atoms with E-state index in [4.69, 9.17) is 4.42 Å². The Labute approximate surface area is 111 Å². The predicted molar refractivity (Wildman–Crippen MR) is 75.5 cm³/mol. The van der Waals surface area contributed by atoms with Gasteiger partial charge in [-0.1, -0.05) is 49.4 Å². The van der Waals surface area contributed by atoms with Crippen LogP contribution in [-0.4, -0.2) is 5.78 Å². The molecule has 0 atom stereocenters. The van der Waals surface area contributed by atoms with Crippen LogP contribution in [0.1, 0.15) is 28.6 Å². The first kappa shape index (κ1) is 11.7. The largest absolute Gasteiger partial charge is 0.461 e. The number of rotatable bonds is 3. The summed E-state index contributed by atoms with van der Waals surface area (Å²) in [7, 11) is 0. The molecule has 3 rings (SSSR count). The number of carbonyl (C=O) groups is 1. The molecule has 0 aliphatic rings. The average molecular weight is 250 g/mol. The Morgan fingerprint density at radius 3 is 2.58 bits per heavy atom. The molecule has 0 aliphatic carbocycles. The van der Waals surface area contributed by atoms with Gasteiger partial charge in [-0.05, 0) is 12.1 Å². The van der Waals surface area contributed by atoms with Crippen LogP contribution in [0.25, 0.3) is 11.0 Å². The maximum Gasteiger partial charge on any atom is 0.193 e. The number of hydrogen-bond donors (Lipinski definition) is 0. The molecule has 0 saturated heterocycles. The topological polar surface area (TPSA) is 30.2 Å². The van der Waals surface area contributed by atoms with Crippen LogP contribution in [0.4, 0.5) is 0 Å². The van der Waals surface area contributed by atoms with Crippen molar-refractivity contribution in [2.24, 2.45) is 0 Å². The summed E-state index contributed by atoms with van der Waals surface area (Å²) in [5.41, 5.74) is 2.18. The fraction of sp³-hybridized carbons (Fsp3) is 0.118.